The lowest BCUT2D eigenvalue weighted by atomic mass is 10.1. The van der Waals surface area contributed by atoms with Crippen LogP contribution in [0.15, 0.2) is 28.8 Å². The van der Waals surface area contributed by atoms with E-state index in [1.807, 2.05) is 31.2 Å². The number of rotatable bonds is 5. The third kappa shape index (κ3) is 3.64. The van der Waals surface area contributed by atoms with Crippen LogP contribution in [0.2, 0.25) is 0 Å². The molecule has 108 valence electrons. The first-order valence-corrected chi connectivity index (χ1v) is 8.26. The number of sulfone groups is 1. The van der Waals surface area contributed by atoms with E-state index in [-0.39, 0.29) is 18.1 Å². The summed E-state index contributed by atoms with van der Waals surface area (Å²) in [5, 5.41) is 3.90. The molecule has 1 atom stereocenters. The summed E-state index contributed by atoms with van der Waals surface area (Å²) >= 11 is 0. The molecule has 7 heteroatoms. The summed E-state index contributed by atoms with van der Waals surface area (Å²) in [5.41, 5.74) is 7.78. The number of nitrogens with two attached hydrogens (primary N) is 1. The van der Waals surface area contributed by atoms with E-state index in [9.17, 15) is 8.42 Å². The predicted molar refractivity (Wildman–Crippen MR) is 75.7 cm³/mol. The fourth-order valence-electron chi connectivity index (χ4n) is 1.78. The zero-order valence-electron chi connectivity index (χ0n) is 11.4. The fraction of sp³-hybridized carbons (Fsp3) is 0.385. The van der Waals surface area contributed by atoms with E-state index in [2.05, 4.69) is 10.1 Å². The molecule has 1 aromatic carbocycles. The molecular formula is C13H17N3O3S. The molecular weight excluding hydrogens is 278 g/mol. The Bertz CT molecular complexity index is 694. The maximum Gasteiger partial charge on any atom is 0.243 e. The first-order valence-electron chi connectivity index (χ1n) is 6.20. The normalized spacial score (nSPS) is 13.3. The van der Waals surface area contributed by atoms with Crippen molar-refractivity contribution in [1.82, 2.24) is 10.1 Å². The molecule has 0 radical (unpaired) electrons. The van der Waals surface area contributed by atoms with Gasteiger partial charge in [0.15, 0.2) is 0 Å². The van der Waals surface area contributed by atoms with Crippen LogP contribution in [0, 0.1) is 6.92 Å². The van der Waals surface area contributed by atoms with Crippen LogP contribution in [-0.2, 0) is 9.84 Å². The zero-order chi connectivity index (χ0) is 14.8. The average Bonchev–Trinajstić information content (AvgIpc) is 2.85. The Kier molecular flexibility index (Phi) is 4.20. The topological polar surface area (TPSA) is 99.1 Å². The lowest BCUT2D eigenvalue weighted by Crippen LogP contribution is -2.16. The number of benzene rings is 1. The second-order valence-corrected chi connectivity index (χ2v) is 7.06. The van der Waals surface area contributed by atoms with Gasteiger partial charge in [-0.15, -0.1) is 0 Å². The van der Waals surface area contributed by atoms with Crippen molar-refractivity contribution in [2.45, 2.75) is 19.4 Å². The fourth-order valence-corrected chi connectivity index (χ4v) is 2.47. The van der Waals surface area contributed by atoms with Crippen LogP contribution in [0.25, 0.3) is 11.4 Å². The van der Waals surface area contributed by atoms with E-state index in [1.54, 1.807) is 0 Å². The average molecular weight is 295 g/mol. The van der Waals surface area contributed by atoms with Crippen LogP contribution >= 0.6 is 0 Å². The molecule has 1 heterocycles. The third-order valence-corrected chi connectivity index (χ3v) is 3.92. The molecule has 0 saturated heterocycles. The van der Waals surface area contributed by atoms with Crippen LogP contribution in [-0.4, -0.2) is 30.6 Å². The van der Waals surface area contributed by atoms with Crippen molar-refractivity contribution in [2.75, 3.05) is 12.0 Å². The molecule has 0 aliphatic carbocycles. The second kappa shape index (κ2) is 5.72. The molecule has 0 amide bonds. The molecule has 2 rings (SSSR count). The predicted octanol–water partition coefficient (Wildman–Crippen LogP) is 1.48. The number of hydrogen-bond donors (Lipinski definition) is 1. The highest BCUT2D eigenvalue weighted by molar-refractivity contribution is 7.90. The summed E-state index contributed by atoms with van der Waals surface area (Å²) in [5.74, 6) is 0.718. The van der Waals surface area contributed by atoms with E-state index < -0.39 is 15.9 Å². The summed E-state index contributed by atoms with van der Waals surface area (Å²) in [6.45, 7) is 1.95. The zero-order valence-corrected chi connectivity index (χ0v) is 12.2. The second-order valence-electron chi connectivity index (χ2n) is 4.80. The molecule has 6 nitrogen and oxygen atoms in total. The molecule has 0 bridgehead atoms. The van der Waals surface area contributed by atoms with Crippen LogP contribution in [0.5, 0.6) is 0 Å². The largest absolute Gasteiger partial charge is 0.337 e. The summed E-state index contributed by atoms with van der Waals surface area (Å²) in [6.07, 6.45) is 1.43. The smallest absolute Gasteiger partial charge is 0.243 e. The number of hydrogen-bond acceptors (Lipinski definition) is 6. The minimum absolute atomic E-state index is 0.00373. The van der Waals surface area contributed by atoms with Gasteiger partial charge < -0.3 is 10.3 Å². The van der Waals surface area contributed by atoms with Gasteiger partial charge in [0, 0.05) is 11.8 Å². The molecule has 0 saturated carbocycles. The quantitative estimate of drug-likeness (QED) is 0.897. The summed E-state index contributed by atoms with van der Waals surface area (Å²) in [7, 11) is -3.05. The van der Waals surface area contributed by atoms with Gasteiger partial charge in [-0.05, 0) is 18.9 Å². The van der Waals surface area contributed by atoms with Gasteiger partial charge in [0.05, 0.1) is 11.8 Å². The Morgan fingerprint density at radius 2 is 2.05 bits per heavy atom. The van der Waals surface area contributed by atoms with Crippen molar-refractivity contribution in [1.29, 1.82) is 0 Å². The SMILES string of the molecule is Cc1ccccc1-c1noc(C(N)CCS(C)(=O)=O)n1. The van der Waals surface area contributed by atoms with Crippen molar-refractivity contribution in [3.8, 4) is 11.4 Å². The maximum absolute atomic E-state index is 11.1. The molecule has 0 spiro atoms. The molecule has 0 aliphatic heterocycles. The van der Waals surface area contributed by atoms with Gasteiger partial charge >= 0.3 is 0 Å². The van der Waals surface area contributed by atoms with Gasteiger partial charge in [0.1, 0.15) is 9.84 Å². The van der Waals surface area contributed by atoms with Gasteiger partial charge in [0.25, 0.3) is 0 Å². The van der Waals surface area contributed by atoms with Crippen LogP contribution in [0.4, 0.5) is 0 Å². The molecule has 2 N–H and O–H groups in total. The minimum atomic E-state index is -3.05. The molecule has 0 fully saturated rings. The Morgan fingerprint density at radius 1 is 1.35 bits per heavy atom. The van der Waals surface area contributed by atoms with Gasteiger partial charge in [-0.3, -0.25) is 0 Å². The Hall–Kier alpha value is -1.73. The first kappa shape index (κ1) is 14.7. The Balaban J connectivity index is 2.15. The lowest BCUT2D eigenvalue weighted by Gasteiger charge is -2.04. The highest BCUT2D eigenvalue weighted by Crippen LogP contribution is 2.22. The first-order chi connectivity index (χ1) is 9.37. The highest BCUT2D eigenvalue weighted by Gasteiger charge is 2.18. The molecule has 20 heavy (non-hydrogen) atoms. The van der Waals surface area contributed by atoms with Crippen LogP contribution in [0.3, 0.4) is 0 Å². The van der Waals surface area contributed by atoms with Crippen LogP contribution in [0.1, 0.15) is 23.9 Å². The number of aryl methyl sites for hydroxylation is 1. The maximum atomic E-state index is 11.1. The van der Waals surface area contributed by atoms with Crippen molar-refractivity contribution >= 4 is 9.84 Å². The van der Waals surface area contributed by atoms with Gasteiger partial charge in [-0.25, -0.2) is 8.42 Å². The molecule has 1 aromatic heterocycles. The number of nitrogens with zero attached hydrogens (tertiary/aromatic N) is 2. The third-order valence-electron chi connectivity index (χ3n) is 2.94. The number of aromatic nitrogens is 2. The molecule has 1 unspecified atom stereocenters. The van der Waals surface area contributed by atoms with E-state index in [0.29, 0.717) is 5.82 Å². The monoisotopic (exact) mass is 295 g/mol. The van der Waals surface area contributed by atoms with E-state index in [1.165, 1.54) is 6.26 Å². The van der Waals surface area contributed by atoms with Gasteiger partial charge in [-0.1, -0.05) is 29.4 Å². The van der Waals surface area contributed by atoms with Crippen molar-refractivity contribution < 1.29 is 12.9 Å². The lowest BCUT2D eigenvalue weighted by molar-refractivity contribution is 0.352. The summed E-state index contributed by atoms with van der Waals surface area (Å²) in [6, 6.07) is 7.09. The van der Waals surface area contributed by atoms with E-state index in [0.717, 1.165) is 11.1 Å². The Morgan fingerprint density at radius 3 is 2.70 bits per heavy atom. The van der Waals surface area contributed by atoms with Gasteiger partial charge in [-0.2, -0.15) is 4.98 Å². The Labute approximate surface area is 117 Å². The summed E-state index contributed by atoms with van der Waals surface area (Å²) in [4.78, 5) is 4.24. The van der Waals surface area contributed by atoms with Crippen molar-refractivity contribution in [3.05, 3.63) is 35.7 Å². The minimum Gasteiger partial charge on any atom is -0.337 e. The molecule has 2 aromatic rings. The van der Waals surface area contributed by atoms with Crippen molar-refractivity contribution in [2.24, 2.45) is 5.73 Å². The van der Waals surface area contributed by atoms with E-state index >= 15 is 0 Å². The van der Waals surface area contributed by atoms with E-state index in [4.69, 9.17) is 10.3 Å². The standard InChI is InChI=1S/C13H17N3O3S/c1-9-5-3-4-6-10(9)12-15-13(19-16-12)11(14)7-8-20(2,17)18/h3-6,11H,7-8,14H2,1-2H3. The van der Waals surface area contributed by atoms with Crippen molar-refractivity contribution in [3.63, 3.8) is 0 Å². The van der Waals surface area contributed by atoms with Gasteiger partial charge in [0.2, 0.25) is 11.7 Å². The molecule has 0 aliphatic rings. The highest BCUT2D eigenvalue weighted by atomic mass is 32.2. The van der Waals surface area contributed by atoms with Crippen LogP contribution < -0.4 is 5.73 Å². The summed E-state index contributed by atoms with van der Waals surface area (Å²) < 4.78 is 27.4.